The van der Waals surface area contributed by atoms with Crippen molar-refractivity contribution in [2.75, 3.05) is 7.11 Å². The molecular weight excluding hydrogens is 272 g/mol. The van der Waals surface area contributed by atoms with Crippen molar-refractivity contribution in [2.24, 2.45) is 34.5 Å². The van der Waals surface area contributed by atoms with Gasteiger partial charge in [0.15, 0.2) is 0 Å². The maximum absolute atomic E-state index is 10.3. The van der Waals surface area contributed by atoms with Gasteiger partial charge in [-0.15, -0.1) is 0 Å². The van der Waals surface area contributed by atoms with E-state index in [4.69, 9.17) is 4.74 Å². The van der Waals surface area contributed by atoms with Gasteiger partial charge in [-0.1, -0.05) is 13.8 Å². The van der Waals surface area contributed by atoms with E-state index < -0.39 is 0 Å². The highest BCUT2D eigenvalue weighted by Crippen LogP contribution is 2.66. The molecule has 2 nitrogen and oxygen atoms in total. The molecule has 22 heavy (non-hydrogen) atoms. The van der Waals surface area contributed by atoms with Crippen LogP contribution in [0.2, 0.25) is 0 Å². The lowest BCUT2D eigenvalue weighted by Crippen LogP contribution is -2.53. The molecule has 1 N–H and O–H groups in total. The summed E-state index contributed by atoms with van der Waals surface area (Å²) in [5.74, 6) is 3.46. The van der Waals surface area contributed by atoms with Crippen LogP contribution in [-0.4, -0.2) is 24.4 Å². The predicted molar refractivity (Wildman–Crippen MR) is 88.5 cm³/mol. The van der Waals surface area contributed by atoms with Crippen molar-refractivity contribution in [2.45, 2.75) is 83.8 Å². The Balaban J connectivity index is 1.59. The summed E-state index contributed by atoms with van der Waals surface area (Å²) in [6.45, 7) is 5.08. The molecule has 0 bridgehead atoms. The van der Waals surface area contributed by atoms with E-state index in [1.54, 1.807) is 0 Å². The van der Waals surface area contributed by atoms with Crippen LogP contribution in [0.5, 0.6) is 0 Å². The Kier molecular flexibility index (Phi) is 3.66. The minimum atomic E-state index is -0.0245. The van der Waals surface area contributed by atoms with Gasteiger partial charge >= 0.3 is 0 Å². The van der Waals surface area contributed by atoms with Crippen LogP contribution in [0.25, 0.3) is 0 Å². The Bertz CT molecular complexity index is 435. The number of aliphatic hydroxyl groups is 1. The second-order valence-electron chi connectivity index (χ2n) is 9.58. The third-order valence-electron chi connectivity index (χ3n) is 8.70. The minimum absolute atomic E-state index is 0.0245. The van der Waals surface area contributed by atoms with Crippen molar-refractivity contribution in [3.8, 4) is 0 Å². The fourth-order valence-electron chi connectivity index (χ4n) is 7.45. The highest BCUT2D eigenvalue weighted by Gasteiger charge is 2.59. The van der Waals surface area contributed by atoms with Crippen LogP contribution in [0.3, 0.4) is 0 Å². The predicted octanol–water partition coefficient (Wildman–Crippen LogP) is 4.41. The number of hydrogen-bond donors (Lipinski definition) is 1. The fraction of sp³-hybridized carbons (Fsp3) is 1.00. The van der Waals surface area contributed by atoms with Crippen LogP contribution < -0.4 is 0 Å². The number of ether oxygens (including phenoxy) is 1. The summed E-state index contributed by atoms with van der Waals surface area (Å²) < 4.78 is 5.69. The average Bonchev–Trinajstić information content (AvgIpc) is 2.80. The van der Waals surface area contributed by atoms with Gasteiger partial charge in [0.1, 0.15) is 0 Å². The number of fused-ring (bicyclic) bond motifs is 5. The SMILES string of the molecule is CO[C@H]1CC[C@@]2(C)[C@@H](CC[C@H]3[C@@H]4C[C@H](O)C[C@@]4(C)CC[C@@H]32)C1. The second kappa shape index (κ2) is 5.21. The minimum Gasteiger partial charge on any atom is -0.393 e. The largest absolute Gasteiger partial charge is 0.393 e. The Hall–Kier alpha value is -0.0800. The maximum atomic E-state index is 10.3. The lowest BCUT2D eigenvalue weighted by atomic mass is 9.45. The molecule has 4 aliphatic carbocycles. The summed E-state index contributed by atoms with van der Waals surface area (Å²) in [7, 11) is 1.89. The van der Waals surface area contributed by atoms with Crippen LogP contribution in [0, 0.1) is 34.5 Å². The molecule has 0 aromatic heterocycles. The first kappa shape index (κ1) is 15.4. The van der Waals surface area contributed by atoms with Gasteiger partial charge in [0.05, 0.1) is 12.2 Å². The number of methoxy groups -OCH3 is 1. The molecule has 4 saturated carbocycles. The molecule has 0 aromatic rings. The van der Waals surface area contributed by atoms with E-state index in [1.807, 2.05) is 7.11 Å². The van der Waals surface area contributed by atoms with Crippen LogP contribution in [0.15, 0.2) is 0 Å². The Morgan fingerprint density at radius 2 is 1.77 bits per heavy atom. The standard InChI is InChI=1S/C20H34O2/c1-19-8-7-17-16(18(19)11-14(21)12-19)5-4-13-10-15(22-3)6-9-20(13,17)2/h13-18,21H,4-12H2,1-3H3/t13-,14-,15-,16+,17-,18-,19+,20-/m0/s1. The van der Waals surface area contributed by atoms with Gasteiger partial charge in [0.25, 0.3) is 0 Å². The van der Waals surface area contributed by atoms with Gasteiger partial charge in [0.2, 0.25) is 0 Å². The van der Waals surface area contributed by atoms with Crippen LogP contribution in [0.4, 0.5) is 0 Å². The zero-order valence-electron chi connectivity index (χ0n) is 14.7. The van der Waals surface area contributed by atoms with E-state index in [9.17, 15) is 5.11 Å². The summed E-state index contributed by atoms with van der Waals surface area (Å²) in [5, 5.41) is 10.3. The van der Waals surface area contributed by atoms with E-state index in [0.717, 1.165) is 36.5 Å². The summed E-state index contributed by atoms with van der Waals surface area (Å²) in [5.41, 5.74) is 0.986. The fourth-order valence-corrected chi connectivity index (χ4v) is 7.45. The van der Waals surface area contributed by atoms with Crippen molar-refractivity contribution in [1.82, 2.24) is 0 Å². The lowest BCUT2D eigenvalue weighted by Gasteiger charge is -2.60. The van der Waals surface area contributed by atoms with E-state index in [2.05, 4.69) is 13.8 Å². The van der Waals surface area contributed by atoms with Crippen molar-refractivity contribution < 1.29 is 9.84 Å². The Morgan fingerprint density at radius 1 is 0.955 bits per heavy atom. The molecule has 0 spiro atoms. The smallest absolute Gasteiger partial charge is 0.0574 e. The maximum Gasteiger partial charge on any atom is 0.0574 e. The van der Waals surface area contributed by atoms with Gasteiger partial charge in [-0.3, -0.25) is 0 Å². The molecule has 0 amide bonds. The normalized spacial score (nSPS) is 57.8. The molecule has 0 saturated heterocycles. The van der Waals surface area contributed by atoms with Gasteiger partial charge in [-0.2, -0.15) is 0 Å². The highest BCUT2D eigenvalue weighted by atomic mass is 16.5. The number of aliphatic hydroxyl groups excluding tert-OH is 1. The monoisotopic (exact) mass is 306 g/mol. The first-order valence-corrected chi connectivity index (χ1v) is 9.67. The van der Waals surface area contributed by atoms with E-state index in [-0.39, 0.29) is 6.10 Å². The zero-order valence-corrected chi connectivity index (χ0v) is 14.7. The van der Waals surface area contributed by atoms with Gasteiger partial charge in [0, 0.05) is 7.11 Å². The first-order valence-electron chi connectivity index (χ1n) is 9.67. The molecule has 0 aliphatic heterocycles. The molecule has 0 unspecified atom stereocenters. The molecule has 4 rings (SSSR count). The van der Waals surface area contributed by atoms with E-state index in [0.29, 0.717) is 16.9 Å². The van der Waals surface area contributed by atoms with Gasteiger partial charge in [-0.05, 0) is 92.3 Å². The molecule has 2 heteroatoms. The topological polar surface area (TPSA) is 29.5 Å². The lowest BCUT2D eigenvalue weighted by molar-refractivity contribution is -0.125. The number of rotatable bonds is 1. The molecule has 0 radical (unpaired) electrons. The summed E-state index contributed by atoms with van der Waals surface area (Å²) in [6, 6.07) is 0. The Labute approximate surface area is 136 Å². The number of hydrogen-bond acceptors (Lipinski definition) is 2. The molecule has 0 heterocycles. The molecular formula is C20H34O2. The second-order valence-corrected chi connectivity index (χ2v) is 9.58. The molecule has 126 valence electrons. The van der Waals surface area contributed by atoms with Crippen LogP contribution in [0.1, 0.15) is 71.6 Å². The van der Waals surface area contributed by atoms with Crippen LogP contribution >= 0.6 is 0 Å². The third kappa shape index (κ3) is 2.13. The molecule has 4 aliphatic rings. The summed E-state index contributed by atoms with van der Waals surface area (Å²) in [6.07, 6.45) is 12.1. The van der Waals surface area contributed by atoms with Crippen molar-refractivity contribution >= 4 is 0 Å². The van der Waals surface area contributed by atoms with Gasteiger partial charge < -0.3 is 9.84 Å². The quantitative estimate of drug-likeness (QED) is 0.778. The van der Waals surface area contributed by atoms with Crippen LogP contribution in [-0.2, 0) is 4.74 Å². The van der Waals surface area contributed by atoms with Crippen molar-refractivity contribution in [3.05, 3.63) is 0 Å². The zero-order chi connectivity index (χ0) is 15.5. The van der Waals surface area contributed by atoms with E-state index in [1.165, 1.54) is 44.9 Å². The van der Waals surface area contributed by atoms with Gasteiger partial charge in [-0.25, -0.2) is 0 Å². The first-order chi connectivity index (χ1) is 10.5. The third-order valence-corrected chi connectivity index (χ3v) is 8.70. The van der Waals surface area contributed by atoms with Crippen molar-refractivity contribution in [3.63, 3.8) is 0 Å². The molecule has 4 fully saturated rings. The highest BCUT2D eigenvalue weighted by molar-refractivity contribution is 5.08. The average molecular weight is 306 g/mol. The molecule has 0 aromatic carbocycles. The summed E-state index contributed by atoms with van der Waals surface area (Å²) >= 11 is 0. The van der Waals surface area contributed by atoms with Crippen molar-refractivity contribution in [1.29, 1.82) is 0 Å². The summed E-state index contributed by atoms with van der Waals surface area (Å²) in [4.78, 5) is 0. The van der Waals surface area contributed by atoms with E-state index >= 15 is 0 Å². The molecule has 8 atom stereocenters. The Morgan fingerprint density at radius 3 is 2.55 bits per heavy atom.